The number of anilines is 1. The molecule has 0 bridgehead atoms. The molecule has 2 aromatic heterocycles. The molecule has 0 aliphatic carbocycles. The molecular weight excluding hydrogens is 294 g/mol. The standard InChI is InChI=1S/C16H19N5O2/c17-16(22)13-4-5-14(20-19-13)21-9-6-12(7-10-21)11-23-15-3-1-2-8-18-15/h1-5,8,12H,6-7,9-11H2,(H2,17,22). The second-order valence-corrected chi connectivity index (χ2v) is 5.55. The summed E-state index contributed by atoms with van der Waals surface area (Å²) >= 11 is 0. The lowest BCUT2D eigenvalue weighted by molar-refractivity contribution is 0.0994. The van der Waals surface area contributed by atoms with Crippen LogP contribution in [-0.4, -0.2) is 40.8 Å². The van der Waals surface area contributed by atoms with E-state index >= 15 is 0 Å². The lowest BCUT2D eigenvalue weighted by Gasteiger charge is -2.32. The van der Waals surface area contributed by atoms with Crippen molar-refractivity contribution in [3.8, 4) is 5.88 Å². The lowest BCUT2D eigenvalue weighted by atomic mass is 9.98. The Morgan fingerprint density at radius 1 is 1.22 bits per heavy atom. The largest absolute Gasteiger partial charge is 0.477 e. The average Bonchev–Trinajstić information content (AvgIpc) is 2.61. The molecular formula is C16H19N5O2. The highest BCUT2D eigenvalue weighted by Crippen LogP contribution is 2.22. The first-order valence-corrected chi connectivity index (χ1v) is 7.64. The summed E-state index contributed by atoms with van der Waals surface area (Å²) in [5.74, 6) is 1.39. The molecule has 23 heavy (non-hydrogen) atoms. The van der Waals surface area contributed by atoms with E-state index in [-0.39, 0.29) is 5.69 Å². The molecule has 0 unspecified atom stereocenters. The van der Waals surface area contributed by atoms with Crippen molar-refractivity contribution < 1.29 is 9.53 Å². The van der Waals surface area contributed by atoms with E-state index in [0.717, 1.165) is 31.7 Å². The smallest absolute Gasteiger partial charge is 0.269 e. The third-order valence-corrected chi connectivity index (χ3v) is 3.95. The van der Waals surface area contributed by atoms with Crippen LogP contribution in [0.1, 0.15) is 23.3 Å². The van der Waals surface area contributed by atoms with Gasteiger partial charge in [0.15, 0.2) is 11.5 Å². The summed E-state index contributed by atoms with van der Waals surface area (Å²) < 4.78 is 5.72. The van der Waals surface area contributed by atoms with Gasteiger partial charge in [0.05, 0.1) is 6.61 Å². The Balaban J connectivity index is 1.49. The summed E-state index contributed by atoms with van der Waals surface area (Å²) in [6.45, 7) is 2.46. The van der Waals surface area contributed by atoms with Crippen LogP contribution >= 0.6 is 0 Å². The second-order valence-electron chi connectivity index (χ2n) is 5.55. The summed E-state index contributed by atoms with van der Waals surface area (Å²) in [5.41, 5.74) is 5.36. The normalized spacial score (nSPS) is 15.4. The van der Waals surface area contributed by atoms with Crippen LogP contribution in [0.4, 0.5) is 5.82 Å². The first kappa shape index (κ1) is 15.2. The highest BCUT2D eigenvalue weighted by molar-refractivity contribution is 5.90. The van der Waals surface area contributed by atoms with Crippen LogP contribution in [0, 0.1) is 5.92 Å². The van der Waals surface area contributed by atoms with Crippen molar-refractivity contribution >= 4 is 11.7 Å². The van der Waals surface area contributed by atoms with Gasteiger partial charge < -0.3 is 15.4 Å². The highest BCUT2D eigenvalue weighted by atomic mass is 16.5. The molecule has 1 aliphatic heterocycles. The van der Waals surface area contributed by atoms with Crippen LogP contribution in [0.2, 0.25) is 0 Å². The Morgan fingerprint density at radius 2 is 2.04 bits per heavy atom. The van der Waals surface area contributed by atoms with Gasteiger partial charge in [-0.05, 0) is 37.0 Å². The lowest BCUT2D eigenvalue weighted by Crippen LogP contribution is -2.36. The molecule has 0 saturated carbocycles. The Bertz CT molecular complexity index is 639. The summed E-state index contributed by atoms with van der Waals surface area (Å²) in [6.07, 6.45) is 3.77. The quantitative estimate of drug-likeness (QED) is 0.893. The Morgan fingerprint density at radius 3 is 2.65 bits per heavy atom. The van der Waals surface area contributed by atoms with Crippen molar-refractivity contribution in [3.05, 3.63) is 42.2 Å². The molecule has 7 nitrogen and oxygen atoms in total. The Hall–Kier alpha value is -2.70. The van der Waals surface area contributed by atoms with Gasteiger partial charge in [-0.1, -0.05) is 6.07 Å². The van der Waals surface area contributed by atoms with Crippen molar-refractivity contribution in [1.82, 2.24) is 15.2 Å². The molecule has 0 atom stereocenters. The molecule has 0 spiro atoms. The number of ether oxygens (including phenoxy) is 1. The number of aromatic nitrogens is 3. The van der Waals surface area contributed by atoms with Crippen molar-refractivity contribution in [2.75, 3.05) is 24.6 Å². The summed E-state index contributed by atoms with van der Waals surface area (Å²) in [4.78, 5) is 17.3. The van der Waals surface area contributed by atoms with E-state index in [1.165, 1.54) is 0 Å². The molecule has 1 amide bonds. The van der Waals surface area contributed by atoms with Gasteiger partial charge in [-0.25, -0.2) is 4.98 Å². The van der Waals surface area contributed by atoms with Crippen LogP contribution in [0.5, 0.6) is 5.88 Å². The van der Waals surface area contributed by atoms with Gasteiger partial charge in [-0.15, -0.1) is 10.2 Å². The predicted molar refractivity (Wildman–Crippen MR) is 85.2 cm³/mol. The Labute approximate surface area is 134 Å². The number of hydrogen-bond donors (Lipinski definition) is 1. The van der Waals surface area contributed by atoms with Gasteiger partial charge >= 0.3 is 0 Å². The molecule has 2 N–H and O–H groups in total. The highest BCUT2D eigenvalue weighted by Gasteiger charge is 2.21. The van der Waals surface area contributed by atoms with Crippen molar-refractivity contribution in [1.29, 1.82) is 0 Å². The van der Waals surface area contributed by atoms with Crippen LogP contribution in [0.25, 0.3) is 0 Å². The van der Waals surface area contributed by atoms with Gasteiger partial charge in [-0.3, -0.25) is 4.79 Å². The minimum atomic E-state index is -0.561. The zero-order chi connectivity index (χ0) is 16.1. The molecule has 3 rings (SSSR count). The second kappa shape index (κ2) is 7.04. The maximum Gasteiger partial charge on any atom is 0.269 e. The molecule has 7 heteroatoms. The number of piperidine rings is 1. The van der Waals surface area contributed by atoms with Gasteiger partial charge in [0, 0.05) is 25.4 Å². The van der Waals surface area contributed by atoms with Crippen LogP contribution in [-0.2, 0) is 0 Å². The number of carbonyl (C=O) groups excluding carboxylic acids is 1. The summed E-state index contributed by atoms with van der Waals surface area (Å²) in [6, 6.07) is 9.05. The van der Waals surface area contributed by atoms with E-state index in [9.17, 15) is 4.79 Å². The zero-order valence-electron chi connectivity index (χ0n) is 12.8. The van der Waals surface area contributed by atoms with Crippen LogP contribution in [0.3, 0.4) is 0 Å². The van der Waals surface area contributed by atoms with E-state index in [1.54, 1.807) is 18.3 Å². The fraction of sp³-hybridized carbons (Fsp3) is 0.375. The maximum atomic E-state index is 11.0. The van der Waals surface area contributed by atoms with Crippen molar-refractivity contribution in [2.45, 2.75) is 12.8 Å². The van der Waals surface area contributed by atoms with E-state index in [1.807, 2.05) is 18.2 Å². The first-order chi connectivity index (χ1) is 11.2. The van der Waals surface area contributed by atoms with Crippen molar-refractivity contribution in [2.24, 2.45) is 11.7 Å². The fourth-order valence-corrected chi connectivity index (χ4v) is 2.59. The molecule has 2 aromatic rings. The topological polar surface area (TPSA) is 94.2 Å². The van der Waals surface area contributed by atoms with Gasteiger partial charge in [0.25, 0.3) is 5.91 Å². The van der Waals surface area contributed by atoms with Crippen LogP contribution < -0.4 is 15.4 Å². The number of pyridine rings is 1. The monoisotopic (exact) mass is 313 g/mol. The molecule has 1 saturated heterocycles. The molecule has 0 radical (unpaired) electrons. The van der Waals surface area contributed by atoms with Crippen LogP contribution in [0.15, 0.2) is 36.5 Å². The van der Waals surface area contributed by atoms with E-state index < -0.39 is 5.91 Å². The number of carbonyl (C=O) groups is 1. The SMILES string of the molecule is NC(=O)c1ccc(N2CCC(COc3ccccn3)CC2)nn1. The fourth-order valence-electron chi connectivity index (χ4n) is 2.59. The zero-order valence-corrected chi connectivity index (χ0v) is 12.8. The minimum absolute atomic E-state index is 0.187. The molecule has 120 valence electrons. The van der Waals surface area contributed by atoms with E-state index in [0.29, 0.717) is 18.4 Å². The minimum Gasteiger partial charge on any atom is -0.477 e. The summed E-state index contributed by atoms with van der Waals surface area (Å²) in [5, 5.41) is 7.93. The number of amides is 1. The van der Waals surface area contributed by atoms with Gasteiger partial charge in [0.1, 0.15) is 0 Å². The third kappa shape index (κ3) is 3.94. The predicted octanol–water partition coefficient (Wildman–Crippen LogP) is 1.27. The average molecular weight is 313 g/mol. The molecule has 0 aromatic carbocycles. The van der Waals surface area contributed by atoms with Crippen molar-refractivity contribution in [3.63, 3.8) is 0 Å². The molecule has 3 heterocycles. The number of hydrogen-bond acceptors (Lipinski definition) is 6. The number of rotatable bonds is 5. The van der Waals surface area contributed by atoms with Gasteiger partial charge in [0.2, 0.25) is 5.88 Å². The Kier molecular flexibility index (Phi) is 4.65. The number of primary amides is 1. The third-order valence-electron chi connectivity index (χ3n) is 3.95. The van der Waals surface area contributed by atoms with E-state index in [4.69, 9.17) is 10.5 Å². The number of nitrogens with zero attached hydrogens (tertiary/aromatic N) is 4. The number of nitrogens with two attached hydrogens (primary N) is 1. The first-order valence-electron chi connectivity index (χ1n) is 7.64. The van der Waals surface area contributed by atoms with Gasteiger partial charge in [-0.2, -0.15) is 0 Å². The summed E-state index contributed by atoms with van der Waals surface area (Å²) in [7, 11) is 0. The maximum absolute atomic E-state index is 11.0. The molecule has 1 fully saturated rings. The molecule has 1 aliphatic rings. The van der Waals surface area contributed by atoms with E-state index in [2.05, 4.69) is 20.1 Å².